The van der Waals surface area contributed by atoms with E-state index in [9.17, 15) is 39.0 Å². The van der Waals surface area contributed by atoms with E-state index >= 15 is 0 Å². The van der Waals surface area contributed by atoms with Crippen LogP contribution in [0.4, 0.5) is 10.5 Å². The molecule has 4 N–H and O–H groups in total. The number of likely N-dealkylation sites (N-methyl/N-ethyl adjacent to an activating group) is 1. The van der Waals surface area contributed by atoms with Crippen LogP contribution in [-0.4, -0.2) is 178 Å². The first-order chi connectivity index (χ1) is 33.3. The van der Waals surface area contributed by atoms with E-state index in [1.165, 1.54) is 54.7 Å². The summed E-state index contributed by atoms with van der Waals surface area (Å²) in [6.45, 7) is 11.4. The molecular weight excluding hydrogens is 1150 g/mol. The second-order valence-electron chi connectivity index (χ2n) is 20.6. The van der Waals surface area contributed by atoms with Crippen molar-refractivity contribution in [3.05, 3.63) is 46.5 Å². The van der Waals surface area contributed by atoms with E-state index in [1.807, 2.05) is 26.8 Å². The van der Waals surface area contributed by atoms with Gasteiger partial charge in [-0.05, 0) is 44.9 Å². The van der Waals surface area contributed by atoms with Crippen LogP contribution >= 0.6 is 23.4 Å². The second-order valence-corrected chi connectivity index (χ2v) is 27.9. The van der Waals surface area contributed by atoms with Gasteiger partial charge in [0.05, 0.1) is 25.3 Å². The van der Waals surface area contributed by atoms with Crippen molar-refractivity contribution in [2.75, 3.05) is 45.5 Å². The van der Waals surface area contributed by atoms with Gasteiger partial charge in [0.1, 0.15) is 40.7 Å². The van der Waals surface area contributed by atoms with Crippen LogP contribution in [0.15, 0.2) is 35.9 Å². The average molecular weight is 1220 g/mol. The molecule has 1 aliphatic carbocycles. The summed E-state index contributed by atoms with van der Waals surface area (Å²) in [7, 11) is 5.94. The molecule has 390 valence electrons. The van der Waals surface area contributed by atoms with Crippen LogP contribution in [0.3, 0.4) is 0 Å². The molecule has 1 aromatic rings. The van der Waals surface area contributed by atoms with Crippen molar-refractivity contribution in [2.45, 2.75) is 156 Å². The van der Waals surface area contributed by atoms with E-state index in [0.717, 1.165) is 36.8 Å². The number of nitrogens with zero attached hydrogens (tertiary/aromatic N) is 3. The molecular formula is C50H71ClN5O13STl. The molecule has 71 heavy (non-hydrogen) atoms. The van der Waals surface area contributed by atoms with Crippen LogP contribution in [0.1, 0.15) is 98.5 Å². The molecule has 5 aliphatic rings. The summed E-state index contributed by atoms with van der Waals surface area (Å²) in [6.07, 6.45) is 2.90. The zero-order valence-corrected chi connectivity index (χ0v) is 48.6. The molecule has 0 radical (unpaired) electrons. The SMILES string of the molecule is COc1cc2cc(c1Cl)N(C)C(=O)C[C@H](OC(=O)[C@H](C)N(C)C(=O)CCSC1CC(O)N(CC3CCC(C(=O)N[C](C)(C)[Tl])CC3)C1=O)[C@]1(C)O[C@H]1[C@H](C)[C@@H]1C[C@@](O)(NC(=O)O1)[C@H](OC)/C=C/C=C(\C)C2. The molecule has 10 atom stereocenters. The zero-order chi connectivity index (χ0) is 52.3. The van der Waals surface area contributed by atoms with Gasteiger partial charge >= 0.3 is 165 Å². The molecule has 1 aromatic carbocycles. The number of hydrogen-bond acceptors (Lipinski definition) is 14. The standard InChI is InChI=1S/C50H71ClN5O13S.Tl/c1-27(2)52-45(60)33-16-14-31(15-17-33)26-56-42(59)23-37(46(56)61)70-19-18-40(57)54(7)30(5)47(62)68-39-24-41(58)55(8)34-21-32(22-35(65-9)43(34)51)20-28(3)12-11-13-38(66-10)50(64)25-36(67-48(63)53-50)29(4)44-49(39,6)69-44;/h11-13,21-22,29-31,33,36-39,42,44,59,64H,14-20,23-26H2,1-10H3,(H,52,60)(H,53,63);/b13-11+,28-12+;/t29-,30+,31?,33?,36+,37?,38-,39+,42?,44+,49+,50+;/m1./s1. The van der Waals surface area contributed by atoms with Gasteiger partial charge in [-0.2, -0.15) is 0 Å². The quantitative estimate of drug-likeness (QED) is 0.122. The Hall–Kier alpha value is -3.48. The van der Waals surface area contributed by atoms with Crippen molar-refractivity contribution in [1.82, 2.24) is 20.4 Å². The number of amides is 5. The number of methoxy groups -OCH3 is 2. The van der Waals surface area contributed by atoms with E-state index in [0.29, 0.717) is 50.2 Å². The van der Waals surface area contributed by atoms with Crippen molar-refractivity contribution >= 4 is 90.5 Å². The first-order valence-electron chi connectivity index (χ1n) is 24.3. The fourth-order valence-electron chi connectivity index (χ4n) is 10.1. The number of aliphatic hydroxyl groups is 2. The van der Waals surface area contributed by atoms with Crippen molar-refractivity contribution in [1.29, 1.82) is 0 Å². The third-order valence-electron chi connectivity index (χ3n) is 14.6. The van der Waals surface area contributed by atoms with E-state index in [2.05, 4.69) is 10.6 Å². The van der Waals surface area contributed by atoms with E-state index in [-0.39, 0.29) is 69.1 Å². The molecule has 18 nitrogen and oxygen atoms in total. The number of epoxide rings is 1. The normalized spacial score (nSPS) is 33.1. The predicted molar refractivity (Wildman–Crippen MR) is 268 cm³/mol. The molecule has 2 unspecified atom stereocenters. The van der Waals surface area contributed by atoms with Gasteiger partial charge in [-0.3, -0.25) is 14.9 Å². The van der Waals surface area contributed by atoms with Gasteiger partial charge < -0.3 is 38.6 Å². The van der Waals surface area contributed by atoms with E-state index in [4.69, 9.17) is 35.3 Å². The molecule has 21 heteroatoms. The molecule has 4 heterocycles. The number of aliphatic hydroxyl groups excluding tert-OH is 1. The third kappa shape index (κ3) is 13.6. The number of esters is 1. The topological polar surface area (TPSA) is 226 Å². The zero-order valence-electron chi connectivity index (χ0n) is 42.5. The van der Waals surface area contributed by atoms with Crippen molar-refractivity contribution in [3.63, 3.8) is 0 Å². The smallest absolute Gasteiger partial charge is 0.409 e. The Balaban J connectivity index is 1.12. The maximum Gasteiger partial charge on any atom is 0.409 e. The van der Waals surface area contributed by atoms with Crippen LogP contribution in [0.2, 0.25) is 5.02 Å². The Morgan fingerprint density at radius 3 is 2.49 bits per heavy atom. The summed E-state index contributed by atoms with van der Waals surface area (Å²) in [5, 5.41) is 28.1. The van der Waals surface area contributed by atoms with Crippen LogP contribution < -0.4 is 20.3 Å². The molecule has 4 bridgehead atoms. The first-order valence-corrected chi connectivity index (χ1v) is 28.0. The number of likely N-dealkylation sites (tertiary alicyclic amines) is 1. The number of anilines is 1. The number of hydrogen-bond donors (Lipinski definition) is 4. The monoisotopic (exact) mass is 1220 g/mol. The van der Waals surface area contributed by atoms with Crippen LogP contribution in [-0.2, 0) is 49.3 Å². The van der Waals surface area contributed by atoms with Crippen LogP contribution in [0.25, 0.3) is 0 Å². The number of allylic oxidation sites excluding steroid dienone is 3. The molecule has 3 saturated heterocycles. The number of carbonyl (C=O) groups is 6. The summed E-state index contributed by atoms with van der Waals surface area (Å²) in [5.41, 5.74) is -1.11. The number of benzene rings is 1. The van der Waals surface area contributed by atoms with Crippen molar-refractivity contribution in [3.8, 4) is 5.75 Å². The van der Waals surface area contributed by atoms with Gasteiger partial charge in [-0.1, -0.05) is 42.3 Å². The number of ether oxygens (including phenoxy) is 5. The number of rotatable bonds is 13. The van der Waals surface area contributed by atoms with Gasteiger partial charge in [0.15, 0.2) is 5.72 Å². The number of alkyl carbamates (subject to hydrolysis) is 1. The Bertz CT molecular complexity index is 2240. The third-order valence-corrected chi connectivity index (χ3v) is 16.8. The summed E-state index contributed by atoms with van der Waals surface area (Å²) in [5.74, 6) is -1.57. The maximum atomic E-state index is 14.4. The number of carbonyl (C=O) groups excluding carboxylic acids is 6. The minimum absolute atomic E-state index is 0.00491. The molecule has 0 spiro atoms. The van der Waals surface area contributed by atoms with Crippen molar-refractivity contribution in [2.24, 2.45) is 17.8 Å². The fourth-order valence-corrected chi connectivity index (χ4v) is 12.1. The minimum Gasteiger partial charge on any atom is -0.446 e. The Morgan fingerprint density at radius 1 is 1.15 bits per heavy atom. The minimum atomic E-state index is -1.87. The molecule has 6 rings (SSSR count). The average Bonchev–Trinajstić information content (AvgIpc) is 3.94. The summed E-state index contributed by atoms with van der Waals surface area (Å²) >= 11 is 8.74. The summed E-state index contributed by atoms with van der Waals surface area (Å²) < 4.78 is 29.3. The van der Waals surface area contributed by atoms with E-state index < -0.39 is 77.1 Å². The van der Waals surface area contributed by atoms with Gasteiger partial charge in [-0.25, -0.2) is 9.59 Å². The molecule has 0 aromatic heterocycles. The number of halogens is 1. The first kappa shape index (κ1) is 56.8. The Kier molecular flexibility index (Phi) is 18.7. The molecule has 1 saturated carbocycles. The predicted octanol–water partition coefficient (Wildman–Crippen LogP) is 4.38. The maximum absolute atomic E-state index is 14.4. The van der Waals surface area contributed by atoms with Gasteiger partial charge in [0.2, 0.25) is 11.8 Å². The number of thioether (sulfide) groups is 1. The Labute approximate surface area is 442 Å². The molecule has 5 amide bonds. The second kappa shape index (κ2) is 23.4. The van der Waals surface area contributed by atoms with Gasteiger partial charge in [0, 0.05) is 45.7 Å². The summed E-state index contributed by atoms with van der Waals surface area (Å²) in [6, 6.07) is 2.45. The van der Waals surface area contributed by atoms with Crippen molar-refractivity contribution < 1.29 is 62.7 Å². The van der Waals surface area contributed by atoms with Crippen LogP contribution in [0.5, 0.6) is 5.75 Å². The van der Waals surface area contributed by atoms with Gasteiger partial charge in [0.25, 0.3) is 0 Å². The Morgan fingerprint density at radius 2 is 1.85 bits per heavy atom. The molecule has 4 aliphatic heterocycles. The van der Waals surface area contributed by atoms with E-state index in [1.54, 1.807) is 45.2 Å². The summed E-state index contributed by atoms with van der Waals surface area (Å²) in [4.78, 5) is 85.5. The number of nitrogens with one attached hydrogen (secondary N) is 2. The number of fused-ring (bicyclic) bond motifs is 5. The molecule has 4 fully saturated rings. The van der Waals surface area contributed by atoms with Gasteiger partial charge in [-0.15, -0.1) is 0 Å². The fraction of sp³-hybridized carbons (Fsp3) is 0.680. The van der Waals surface area contributed by atoms with Crippen LogP contribution in [0, 0.1) is 17.8 Å². The largest absolute Gasteiger partial charge is 0.446 e.